The summed E-state index contributed by atoms with van der Waals surface area (Å²) in [5.41, 5.74) is 2.56. The maximum Gasteiger partial charge on any atom is 0.339 e. The molecule has 0 aliphatic rings. The van der Waals surface area contributed by atoms with Gasteiger partial charge in [-0.1, -0.05) is 16.8 Å². The van der Waals surface area contributed by atoms with E-state index in [2.05, 4.69) is 20.3 Å². The Hall–Kier alpha value is -4.11. The standard InChI is InChI=1S/C23H14ClFN4O4/c1-12-20-17(10-18(26-22(20)33-29-12)13-4-8-16(25)9-5-13)23(30)31-11-19-27-28-21(32-19)14-2-6-15(24)7-3-14/h2-10H,11H2,1H3. The average Bonchev–Trinajstić information content (AvgIpc) is 3.45. The average molecular weight is 465 g/mol. The van der Waals surface area contributed by atoms with Gasteiger partial charge in [0.15, 0.2) is 6.61 Å². The van der Waals surface area contributed by atoms with Crippen LogP contribution in [0.3, 0.4) is 0 Å². The number of aryl methyl sites for hydroxylation is 1. The largest absolute Gasteiger partial charge is 0.452 e. The minimum atomic E-state index is -0.650. The van der Waals surface area contributed by atoms with Gasteiger partial charge in [0, 0.05) is 16.1 Å². The second-order valence-corrected chi connectivity index (χ2v) is 7.53. The van der Waals surface area contributed by atoms with Crippen molar-refractivity contribution in [3.8, 4) is 22.7 Å². The van der Waals surface area contributed by atoms with Crippen LogP contribution in [0.15, 0.2) is 63.5 Å². The van der Waals surface area contributed by atoms with E-state index < -0.39 is 5.97 Å². The molecule has 0 saturated heterocycles. The SMILES string of the molecule is Cc1noc2nc(-c3ccc(F)cc3)cc(C(=O)OCc3nnc(-c4ccc(Cl)cc4)o3)c12. The van der Waals surface area contributed by atoms with E-state index in [-0.39, 0.29) is 35.5 Å². The van der Waals surface area contributed by atoms with Crippen LogP contribution in [0.1, 0.15) is 21.9 Å². The molecule has 0 unspecified atom stereocenters. The number of fused-ring (bicyclic) bond motifs is 1. The molecule has 0 aliphatic heterocycles. The van der Waals surface area contributed by atoms with Crippen LogP contribution in [0.2, 0.25) is 5.02 Å². The Morgan fingerprint density at radius 3 is 2.55 bits per heavy atom. The number of rotatable bonds is 5. The number of ether oxygens (including phenoxy) is 1. The Bertz CT molecular complexity index is 1460. The monoisotopic (exact) mass is 464 g/mol. The van der Waals surface area contributed by atoms with Crippen molar-refractivity contribution >= 4 is 28.7 Å². The number of carbonyl (C=O) groups excluding carboxylic acids is 1. The third kappa shape index (κ3) is 4.18. The number of carbonyl (C=O) groups is 1. The second-order valence-electron chi connectivity index (χ2n) is 7.09. The topological polar surface area (TPSA) is 104 Å². The van der Waals surface area contributed by atoms with E-state index in [0.29, 0.717) is 32.9 Å². The molecule has 0 bridgehead atoms. The zero-order valence-corrected chi connectivity index (χ0v) is 17.8. The van der Waals surface area contributed by atoms with Crippen LogP contribution >= 0.6 is 11.6 Å². The number of pyridine rings is 1. The summed E-state index contributed by atoms with van der Waals surface area (Å²) < 4.78 is 29.5. The maximum absolute atomic E-state index is 13.3. The third-order valence-electron chi connectivity index (χ3n) is 4.86. The molecule has 0 radical (unpaired) electrons. The summed E-state index contributed by atoms with van der Waals surface area (Å²) in [6, 6.07) is 14.2. The lowest BCUT2D eigenvalue weighted by Gasteiger charge is -2.07. The molecule has 3 heterocycles. The number of esters is 1. The number of benzene rings is 2. The molecule has 5 aromatic rings. The van der Waals surface area contributed by atoms with Crippen molar-refractivity contribution in [3.05, 3.63) is 82.6 Å². The van der Waals surface area contributed by atoms with E-state index in [0.717, 1.165) is 0 Å². The predicted molar refractivity (Wildman–Crippen MR) is 116 cm³/mol. The summed E-state index contributed by atoms with van der Waals surface area (Å²) >= 11 is 5.89. The van der Waals surface area contributed by atoms with E-state index in [1.807, 2.05) is 0 Å². The molecule has 0 spiro atoms. The van der Waals surface area contributed by atoms with Crippen LogP contribution in [0.25, 0.3) is 33.8 Å². The summed E-state index contributed by atoms with van der Waals surface area (Å²) in [4.78, 5) is 17.3. The smallest absolute Gasteiger partial charge is 0.339 e. The molecule has 0 fully saturated rings. The first-order valence-electron chi connectivity index (χ1n) is 9.76. The second kappa shape index (κ2) is 8.44. The van der Waals surface area contributed by atoms with Crippen molar-refractivity contribution in [2.45, 2.75) is 13.5 Å². The Kier molecular flexibility index (Phi) is 5.31. The van der Waals surface area contributed by atoms with Crippen molar-refractivity contribution in [2.75, 3.05) is 0 Å². The van der Waals surface area contributed by atoms with Crippen LogP contribution in [0.4, 0.5) is 4.39 Å². The lowest BCUT2D eigenvalue weighted by atomic mass is 10.1. The first kappa shape index (κ1) is 20.8. The highest BCUT2D eigenvalue weighted by Gasteiger charge is 2.21. The van der Waals surface area contributed by atoms with Gasteiger partial charge in [-0.15, -0.1) is 10.2 Å². The fourth-order valence-corrected chi connectivity index (χ4v) is 3.38. The minimum Gasteiger partial charge on any atom is -0.452 e. The van der Waals surface area contributed by atoms with Gasteiger partial charge in [-0.2, -0.15) is 0 Å². The molecule has 0 saturated carbocycles. The zero-order valence-electron chi connectivity index (χ0n) is 17.1. The minimum absolute atomic E-state index is 0.124. The first-order valence-corrected chi connectivity index (χ1v) is 10.1. The Morgan fingerprint density at radius 1 is 1.06 bits per heavy atom. The van der Waals surface area contributed by atoms with Gasteiger partial charge in [-0.25, -0.2) is 14.2 Å². The third-order valence-corrected chi connectivity index (χ3v) is 5.11. The summed E-state index contributed by atoms with van der Waals surface area (Å²) in [5.74, 6) is -0.632. The van der Waals surface area contributed by atoms with Crippen LogP contribution in [0.5, 0.6) is 0 Å². The van der Waals surface area contributed by atoms with E-state index in [4.69, 9.17) is 25.3 Å². The van der Waals surface area contributed by atoms with E-state index in [1.54, 1.807) is 49.4 Å². The Balaban J connectivity index is 1.41. The van der Waals surface area contributed by atoms with Crippen LogP contribution in [-0.2, 0) is 11.3 Å². The van der Waals surface area contributed by atoms with Gasteiger partial charge < -0.3 is 13.7 Å². The highest BCUT2D eigenvalue weighted by atomic mass is 35.5. The van der Waals surface area contributed by atoms with E-state index in [1.165, 1.54) is 12.1 Å². The number of nitrogens with zero attached hydrogens (tertiary/aromatic N) is 4. The molecule has 3 aromatic heterocycles. The lowest BCUT2D eigenvalue weighted by molar-refractivity contribution is 0.0441. The molecule has 0 N–H and O–H groups in total. The van der Waals surface area contributed by atoms with Gasteiger partial charge in [0.2, 0.25) is 5.89 Å². The summed E-state index contributed by atoms with van der Waals surface area (Å²) in [7, 11) is 0. The van der Waals surface area contributed by atoms with Gasteiger partial charge >= 0.3 is 5.97 Å². The van der Waals surface area contributed by atoms with Crippen molar-refractivity contribution < 1.29 is 22.9 Å². The lowest BCUT2D eigenvalue weighted by Crippen LogP contribution is -2.07. The maximum atomic E-state index is 13.3. The molecule has 0 atom stereocenters. The van der Waals surface area contributed by atoms with Crippen LogP contribution in [-0.4, -0.2) is 26.3 Å². The Labute approximate surface area is 191 Å². The first-order chi connectivity index (χ1) is 16.0. The van der Waals surface area contributed by atoms with E-state index in [9.17, 15) is 9.18 Å². The van der Waals surface area contributed by atoms with Crippen molar-refractivity contribution in [3.63, 3.8) is 0 Å². The molecule has 164 valence electrons. The molecular weight excluding hydrogens is 451 g/mol. The van der Waals surface area contributed by atoms with Gasteiger partial charge in [0.25, 0.3) is 11.6 Å². The summed E-state index contributed by atoms with van der Waals surface area (Å²) in [5, 5.41) is 12.8. The van der Waals surface area contributed by atoms with Crippen LogP contribution in [0, 0.1) is 12.7 Å². The highest BCUT2D eigenvalue weighted by molar-refractivity contribution is 6.30. The van der Waals surface area contributed by atoms with Crippen molar-refractivity contribution in [2.24, 2.45) is 0 Å². The molecule has 0 aliphatic carbocycles. The summed E-state index contributed by atoms with van der Waals surface area (Å²) in [6.45, 7) is 1.46. The number of aromatic nitrogens is 4. The zero-order chi connectivity index (χ0) is 22.9. The molecule has 33 heavy (non-hydrogen) atoms. The number of hydrogen-bond acceptors (Lipinski definition) is 8. The molecular formula is C23H14ClFN4O4. The van der Waals surface area contributed by atoms with Crippen molar-refractivity contribution in [1.29, 1.82) is 0 Å². The number of hydrogen-bond donors (Lipinski definition) is 0. The molecule has 2 aromatic carbocycles. The molecule has 8 nitrogen and oxygen atoms in total. The van der Waals surface area contributed by atoms with Gasteiger partial charge in [0.1, 0.15) is 5.82 Å². The number of halogens is 2. The predicted octanol–water partition coefficient (Wildman–Crippen LogP) is 5.40. The molecule has 10 heteroatoms. The molecule has 0 amide bonds. The highest BCUT2D eigenvalue weighted by Crippen LogP contribution is 2.28. The van der Waals surface area contributed by atoms with Crippen LogP contribution < -0.4 is 0 Å². The Morgan fingerprint density at radius 2 is 1.79 bits per heavy atom. The van der Waals surface area contributed by atoms with Gasteiger partial charge in [-0.3, -0.25) is 0 Å². The van der Waals surface area contributed by atoms with Gasteiger partial charge in [0.05, 0.1) is 22.3 Å². The normalized spacial score (nSPS) is 11.1. The van der Waals surface area contributed by atoms with Gasteiger partial charge in [-0.05, 0) is 61.5 Å². The fourth-order valence-electron chi connectivity index (χ4n) is 3.25. The molecule has 5 rings (SSSR count). The van der Waals surface area contributed by atoms with Crippen molar-refractivity contribution in [1.82, 2.24) is 20.3 Å². The van der Waals surface area contributed by atoms with E-state index >= 15 is 0 Å². The fraction of sp³-hybridized carbons (Fsp3) is 0.0870. The quantitative estimate of drug-likeness (QED) is 0.318. The summed E-state index contributed by atoms with van der Waals surface area (Å²) in [6.07, 6.45) is 0.